The molecule has 11 heteroatoms. The maximum Gasteiger partial charge on any atom is 0.356 e. The molecule has 0 aliphatic rings. The minimum atomic E-state index is -4.52. The molecule has 0 saturated carbocycles. The van der Waals surface area contributed by atoms with Gasteiger partial charge in [-0.3, -0.25) is 14.6 Å². The number of aryl methyl sites for hydroxylation is 1. The van der Waals surface area contributed by atoms with Crippen LogP contribution >= 0.6 is 0 Å². The molecule has 162 valence electrons. The van der Waals surface area contributed by atoms with Gasteiger partial charge in [-0.15, -0.1) is 0 Å². The van der Waals surface area contributed by atoms with Crippen molar-refractivity contribution in [2.75, 3.05) is 0 Å². The lowest BCUT2D eigenvalue weighted by atomic mass is 9.96. The van der Waals surface area contributed by atoms with Crippen LogP contribution in [0.1, 0.15) is 40.9 Å². The number of benzene rings is 1. The molecule has 2 aromatic heterocycles. The molecule has 1 amide bonds. The summed E-state index contributed by atoms with van der Waals surface area (Å²) in [5.41, 5.74) is -4.46. The quantitative estimate of drug-likeness (QED) is 0.600. The molecule has 0 bridgehead atoms. The van der Waals surface area contributed by atoms with Gasteiger partial charge in [-0.25, -0.2) is 8.78 Å². The Morgan fingerprint density at radius 3 is 2.50 bits per heavy atom. The van der Waals surface area contributed by atoms with Gasteiger partial charge in [0.15, 0.2) is 0 Å². The molecule has 1 aromatic carbocycles. The largest absolute Gasteiger partial charge is 0.356 e. The summed E-state index contributed by atoms with van der Waals surface area (Å²) in [4.78, 5) is 30.6. The first-order chi connectivity index (χ1) is 15.0. The van der Waals surface area contributed by atoms with Crippen LogP contribution in [0.15, 0.2) is 29.2 Å². The number of aromatic nitrogens is 2. The Hall–Kier alpha value is -4.25. The highest BCUT2D eigenvalue weighted by Crippen LogP contribution is 2.33. The van der Waals surface area contributed by atoms with Crippen molar-refractivity contribution in [2.24, 2.45) is 0 Å². The van der Waals surface area contributed by atoms with Crippen molar-refractivity contribution < 1.29 is 22.4 Å². The number of pyridine rings is 2. The monoisotopic (exact) mass is 443 g/mol. The van der Waals surface area contributed by atoms with Crippen molar-refractivity contribution in [2.45, 2.75) is 25.8 Å². The lowest BCUT2D eigenvalue weighted by Gasteiger charge is -2.21. The van der Waals surface area contributed by atoms with Crippen LogP contribution in [0, 0.1) is 41.2 Å². The van der Waals surface area contributed by atoms with Crippen LogP contribution in [0.5, 0.6) is 0 Å². The first kappa shape index (κ1) is 22.4. The zero-order chi connectivity index (χ0) is 23.8. The number of fused-ring (bicyclic) bond motifs is 1. The van der Waals surface area contributed by atoms with E-state index < -0.39 is 51.9 Å². The zero-order valence-electron chi connectivity index (χ0n) is 16.6. The highest BCUT2D eigenvalue weighted by Gasteiger charge is 2.46. The topological polar surface area (TPSA) is 122 Å². The molecule has 0 saturated heterocycles. The third kappa shape index (κ3) is 3.65. The average Bonchev–Trinajstić information content (AvgIpc) is 2.74. The Labute approximate surface area is 177 Å². The zero-order valence-corrected chi connectivity index (χ0v) is 16.6. The van der Waals surface area contributed by atoms with E-state index >= 15 is 8.78 Å². The fourth-order valence-corrected chi connectivity index (χ4v) is 3.24. The summed E-state index contributed by atoms with van der Waals surface area (Å²) in [7, 11) is 0. The minimum Gasteiger partial charge on any atom is -0.342 e. The van der Waals surface area contributed by atoms with Crippen molar-refractivity contribution >= 4 is 16.8 Å². The predicted molar refractivity (Wildman–Crippen MR) is 103 cm³/mol. The number of nitrogens with zero attached hydrogens (tertiary/aromatic N) is 3. The summed E-state index contributed by atoms with van der Waals surface area (Å²) in [6.45, 7) is 2.40. The van der Waals surface area contributed by atoms with E-state index in [2.05, 4.69) is 9.97 Å². The number of hydrogen-bond acceptors (Lipinski definition) is 5. The third-order valence-corrected chi connectivity index (χ3v) is 4.84. The standard InChI is InChI=1S/C21H13F4N5O2/c1-9-13(22)3-4-15-16(9)12(7-27)17(19(31)30-15)21(24,25)20(32)29-10(2)18-14(23)5-11(6-26)8-28-18/h3-5,8,10H,1-2H3,(H,29,32)(H,30,31)/t10-/m0/s1. The van der Waals surface area contributed by atoms with Crippen LogP contribution in [0.4, 0.5) is 17.6 Å². The summed E-state index contributed by atoms with van der Waals surface area (Å²) in [5, 5.41) is 19.8. The Morgan fingerprint density at radius 2 is 1.91 bits per heavy atom. The Morgan fingerprint density at radius 1 is 1.22 bits per heavy atom. The van der Waals surface area contributed by atoms with E-state index in [1.807, 2.05) is 5.32 Å². The molecule has 2 heterocycles. The molecule has 0 fully saturated rings. The number of aromatic amines is 1. The van der Waals surface area contributed by atoms with Crippen LogP contribution in [0.25, 0.3) is 10.9 Å². The number of carbonyl (C=O) groups excluding carboxylic acids is 1. The number of rotatable bonds is 4. The molecule has 32 heavy (non-hydrogen) atoms. The Kier molecular flexibility index (Phi) is 5.69. The maximum absolute atomic E-state index is 15.1. The van der Waals surface area contributed by atoms with Gasteiger partial charge in [-0.2, -0.15) is 19.3 Å². The van der Waals surface area contributed by atoms with Gasteiger partial charge in [-0.1, -0.05) is 0 Å². The Bertz CT molecular complexity index is 1400. The number of alkyl halides is 2. The van der Waals surface area contributed by atoms with E-state index in [-0.39, 0.29) is 22.0 Å². The molecule has 7 nitrogen and oxygen atoms in total. The molecule has 3 aromatic rings. The van der Waals surface area contributed by atoms with Crippen LogP contribution in [0.3, 0.4) is 0 Å². The molecule has 0 radical (unpaired) electrons. The van der Waals surface area contributed by atoms with E-state index in [4.69, 9.17) is 5.26 Å². The molecule has 0 aliphatic heterocycles. The third-order valence-electron chi connectivity index (χ3n) is 4.84. The number of nitrogens with one attached hydrogen (secondary N) is 2. The van der Waals surface area contributed by atoms with Crippen molar-refractivity contribution in [3.8, 4) is 12.1 Å². The number of amides is 1. The smallest absolute Gasteiger partial charge is 0.342 e. The lowest BCUT2D eigenvalue weighted by Crippen LogP contribution is -2.43. The molecule has 0 spiro atoms. The maximum atomic E-state index is 15.1. The summed E-state index contributed by atoms with van der Waals surface area (Å²) < 4.78 is 58.2. The number of H-pyrrole nitrogens is 1. The number of hydrogen-bond donors (Lipinski definition) is 2. The fraction of sp³-hybridized carbons (Fsp3) is 0.190. The Balaban J connectivity index is 2.08. The molecular weight excluding hydrogens is 430 g/mol. The minimum absolute atomic E-state index is 0.0531. The van der Waals surface area contributed by atoms with Crippen molar-refractivity contribution in [3.05, 3.63) is 74.3 Å². The van der Waals surface area contributed by atoms with Crippen molar-refractivity contribution in [1.82, 2.24) is 15.3 Å². The van der Waals surface area contributed by atoms with E-state index in [1.54, 1.807) is 6.07 Å². The SMILES string of the molecule is Cc1c(F)ccc2[nH]c(=O)c(C(F)(F)C(=O)N[C@@H](C)c3ncc(C#N)cc3F)c(C#N)c12. The predicted octanol–water partition coefficient (Wildman–Crippen LogP) is 3.22. The molecule has 2 N–H and O–H groups in total. The van der Waals surface area contributed by atoms with Gasteiger partial charge in [0.25, 0.3) is 11.5 Å². The summed E-state index contributed by atoms with van der Waals surface area (Å²) in [6.07, 6.45) is 0.998. The van der Waals surface area contributed by atoms with E-state index in [0.29, 0.717) is 0 Å². The number of nitriles is 2. The van der Waals surface area contributed by atoms with Gasteiger partial charge in [-0.05, 0) is 37.6 Å². The van der Waals surface area contributed by atoms with Gasteiger partial charge in [0.1, 0.15) is 29.3 Å². The van der Waals surface area contributed by atoms with Gasteiger partial charge in [0, 0.05) is 11.6 Å². The first-order valence-electron chi connectivity index (χ1n) is 9.02. The second-order valence-electron chi connectivity index (χ2n) is 6.88. The fourth-order valence-electron chi connectivity index (χ4n) is 3.24. The van der Waals surface area contributed by atoms with E-state index in [0.717, 1.165) is 24.4 Å². The lowest BCUT2D eigenvalue weighted by molar-refractivity contribution is -0.148. The molecule has 0 aliphatic carbocycles. The van der Waals surface area contributed by atoms with Crippen LogP contribution < -0.4 is 10.9 Å². The normalized spacial score (nSPS) is 12.1. The first-order valence-corrected chi connectivity index (χ1v) is 9.02. The van der Waals surface area contributed by atoms with E-state index in [1.165, 1.54) is 19.9 Å². The summed E-state index contributed by atoms with van der Waals surface area (Å²) in [6, 6.07) is 4.69. The van der Waals surface area contributed by atoms with Gasteiger partial charge < -0.3 is 10.3 Å². The summed E-state index contributed by atoms with van der Waals surface area (Å²) in [5.74, 6) is -8.32. The second-order valence-corrected chi connectivity index (χ2v) is 6.88. The molecule has 1 atom stereocenters. The summed E-state index contributed by atoms with van der Waals surface area (Å²) >= 11 is 0. The average molecular weight is 443 g/mol. The van der Waals surface area contributed by atoms with Gasteiger partial charge in [0.05, 0.1) is 28.4 Å². The molecule has 0 unspecified atom stereocenters. The van der Waals surface area contributed by atoms with Gasteiger partial charge >= 0.3 is 5.92 Å². The second kappa shape index (κ2) is 8.12. The van der Waals surface area contributed by atoms with Gasteiger partial charge in [0.2, 0.25) is 0 Å². The van der Waals surface area contributed by atoms with Crippen molar-refractivity contribution in [1.29, 1.82) is 10.5 Å². The van der Waals surface area contributed by atoms with Crippen LogP contribution in [-0.4, -0.2) is 15.9 Å². The highest BCUT2D eigenvalue weighted by atomic mass is 19.3. The molecular formula is C21H13F4N5O2. The van der Waals surface area contributed by atoms with Crippen LogP contribution in [0.2, 0.25) is 0 Å². The highest BCUT2D eigenvalue weighted by molar-refractivity contribution is 5.92. The van der Waals surface area contributed by atoms with E-state index in [9.17, 15) is 23.6 Å². The van der Waals surface area contributed by atoms with Crippen molar-refractivity contribution in [3.63, 3.8) is 0 Å². The number of halogens is 4. The number of carbonyl (C=O) groups is 1. The molecule has 3 rings (SSSR count). The van der Waals surface area contributed by atoms with Crippen LogP contribution in [-0.2, 0) is 10.7 Å².